The van der Waals surface area contributed by atoms with E-state index in [1.165, 1.54) is 0 Å². The number of carbonyl (C=O) groups excluding carboxylic acids is 1. The van der Waals surface area contributed by atoms with Gasteiger partial charge in [-0.2, -0.15) is 5.10 Å². The lowest BCUT2D eigenvalue weighted by molar-refractivity contribution is 0.0506. The molecule has 0 aliphatic rings. The van der Waals surface area contributed by atoms with Crippen LogP contribution < -0.4 is 11.1 Å². The molecule has 0 aliphatic heterocycles. The molecule has 0 fully saturated rings. The van der Waals surface area contributed by atoms with E-state index in [0.29, 0.717) is 13.0 Å². The molecule has 0 spiro atoms. The maximum atomic E-state index is 11.8. The number of hydrogen-bond donors (Lipinski definition) is 2. The van der Waals surface area contributed by atoms with E-state index in [4.69, 9.17) is 10.5 Å². The van der Waals surface area contributed by atoms with Crippen molar-refractivity contribution in [1.29, 1.82) is 0 Å². The van der Waals surface area contributed by atoms with Crippen LogP contribution in [0.5, 0.6) is 0 Å². The van der Waals surface area contributed by atoms with Gasteiger partial charge in [0.25, 0.3) is 0 Å². The Kier molecular flexibility index (Phi) is 5.78. The van der Waals surface area contributed by atoms with Crippen LogP contribution in [0, 0.1) is 13.8 Å². The fraction of sp³-hybridized carbons (Fsp3) is 0.733. The number of carbonyl (C=O) groups is 1. The SMILES string of the molecule is CCn1nc(C)c(CC(CN)NC(=O)OC(C)(C)C)c1C. The zero-order chi connectivity index (χ0) is 16.2. The summed E-state index contributed by atoms with van der Waals surface area (Å²) in [5, 5.41) is 7.32. The van der Waals surface area contributed by atoms with Gasteiger partial charge in [-0.3, -0.25) is 4.68 Å². The van der Waals surface area contributed by atoms with Gasteiger partial charge in [0, 0.05) is 24.8 Å². The highest BCUT2D eigenvalue weighted by atomic mass is 16.6. The molecule has 1 heterocycles. The summed E-state index contributed by atoms with van der Waals surface area (Å²) >= 11 is 0. The second kappa shape index (κ2) is 6.93. The number of nitrogens with one attached hydrogen (secondary N) is 1. The van der Waals surface area contributed by atoms with Crippen molar-refractivity contribution in [2.75, 3.05) is 6.54 Å². The van der Waals surface area contributed by atoms with Crippen molar-refractivity contribution in [3.63, 3.8) is 0 Å². The monoisotopic (exact) mass is 296 g/mol. The van der Waals surface area contributed by atoms with Crippen LogP contribution in [0.15, 0.2) is 0 Å². The highest BCUT2D eigenvalue weighted by Crippen LogP contribution is 2.15. The summed E-state index contributed by atoms with van der Waals surface area (Å²) in [6.45, 7) is 12.8. The van der Waals surface area contributed by atoms with Crippen molar-refractivity contribution < 1.29 is 9.53 Å². The van der Waals surface area contributed by atoms with E-state index in [1.54, 1.807) is 0 Å². The molecule has 0 aromatic carbocycles. The Morgan fingerprint density at radius 3 is 2.48 bits per heavy atom. The van der Waals surface area contributed by atoms with Crippen molar-refractivity contribution >= 4 is 6.09 Å². The molecule has 120 valence electrons. The smallest absolute Gasteiger partial charge is 0.407 e. The minimum Gasteiger partial charge on any atom is -0.444 e. The summed E-state index contributed by atoms with van der Waals surface area (Å²) in [7, 11) is 0. The number of aromatic nitrogens is 2. The molecule has 1 aromatic rings. The van der Waals surface area contributed by atoms with Gasteiger partial charge < -0.3 is 15.8 Å². The summed E-state index contributed by atoms with van der Waals surface area (Å²) in [5.41, 5.74) is 8.51. The summed E-state index contributed by atoms with van der Waals surface area (Å²) in [6.07, 6.45) is 0.226. The van der Waals surface area contributed by atoms with Crippen LogP contribution in [0.3, 0.4) is 0 Å². The summed E-state index contributed by atoms with van der Waals surface area (Å²) < 4.78 is 7.23. The highest BCUT2D eigenvalue weighted by Gasteiger charge is 2.21. The third kappa shape index (κ3) is 5.04. The molecular weight excluding hydrogens is 268 g/mol. The summed E-state index contributed by atoms with van der Waals surface area (Å²) in [4.78, 5) is 11.8. The van der Waals surface area contributed by atoms with Crippen LogP contribution >= 0.6 is 0 Å². The molecule has 0 saturated heterocycles. The molecule has 0 bridgehead atoms. The van der Waals surface area contributed by atoms with Crippen molar-refractivity contribution in [2.45, 2.75) is 66.2 Å². The van der Waals surface area contributed by atoms with Gasteiger partial charge in [-0.25, -0.2) is 4.79 Å². The number of hydrogen-bond acceptors (Lipinski definition) is 4. The molecule has 0 radical (unpaired) electrons. The summed E-state index contributed by atoms with van der Waals surface area (Å²) in [6, 6.07) is -0.160. The molecule has 6 nitrogen and oxygen atoms in total. The predicted molar refractivity (Wildman–Crippen MR) is 83.3 cm³/mol. The minimum atomic E-state index is -0.512. The number of nitrogens with two attached hydrogens (primary N) is 1. The fourth-order valence-electron chi connectivity index (χ4n) is 2.25. The third-order valence-corrected chi connectivity index (χ3v) is 3.29. The lowest BCUT2D eigenvalue weighted by atomic mass is 10.0. The van der Waals surface area contributed by atoms with Crippen molar-refractivity contribution in [1.82, 2.24) is 15.1 Å². The Morgan fingerprint density at radius 2 is 2.05 bits per heavy atom. The molecule has 0 aliphatic carbocycles. The van der Waals surface area contributed by atoms with E-state index < -0.39 is 11.7 Å². The van der Waals surface area contributed by atoms with Crippen LogP contribution in [-0.4, -0.2) is 34.1 Å². The van der Waals surface area contributed by atoms with Gasteiger partial charge in [-0.1, -0.05) is 0 Å². The van der Waals surface area contributed by atoms with Crippen molar-refractivity contribution in [3.8, 4) is 0 Å². The molecule has 6 heteroatoms. The highest BCUT2D eigenvalue weighted by molar-refractivity contribution is 5.68. The molecule has 1 aromatic heterocycles. The fourth-order valence-corrected chi connectivity index (χ4v) is 2.25. The van der Waals surface area contributed by atoms with E-state index >= 15 is 0 Å². The van der Waals surface area contributed by atoms with Gasteiger partial charge in [0.1, 0.15) is 5.60 Å². The van der Waals surface area contributed by atoms with E-state index in [2.05, 4.69) is 17.3 Å². The largest absolute Gasteiger partial charge is 0.444 e. The molecule has 21 heavy (non-hydrogen) atoms. The standard InChI is InChI=1S/C15H28N4O2/c1-7-19-11(3)13(10(2)18-19)8-12(9-16)17-14(20)21-15(4,5)6/h12H,7-9,16H2,1-6H3,(H,17,20). The first-order valence-electron chi connectivity index (χ1n) is 7.40. The Balaban J connectivity index is 2.75. The number of amides is 1. The molecule has 3 N–H and O–H groups in total. The maximum Gasteiger partial charge on any atom is 0.407 e. The van der Waals surface area contributed by atoms with Gasteiger partial charge in [0.2, 0.25) is 0 Å². The van der Waals surface area contributed by atoms with Crippen LogP contribution in [-0.2, 0) is 17.7 Å². The number of ether oxygens (including phenoxy) is 1. The lowest BCUT2D eigenvalue weighted by Crippen LogP contribution is -2.44. The van der Waals surface area contributed by atoms with Gasteiger partial charge in [0.15, 0.2) is 0 Å². The second-order valence-corrected chi connectivity index (χ2v) is 6.25. The van der Waals surface area contributed by atoms with Crippen LogP contribution in [0.2, 0.25) is 0 Å². The average molecular weight is 296 g/mol. The minimum absolute atomic E-state index is 0.160. The first kappa shape index (κ1) is 17.5. The van der Waals surface area contributed by atoms with E-state index in [0.717, 1.165) is 23.5 Å². The normalized spacial score (nSPS) is 13.1. The molecular formula is C15H28N4O2. The van der Waals surface area contributed by atoms with E-state index in [-0.39, 0.29) is 6.04 Å². The number of aryl methyl sites for hydroxylation is 2. The molecule has 1 unspecified atom stereocenters. The number of nitrogens with zero attached hydrogens (tertiary/aromatic N) is 2. The topological polar surface area (TPSA) is 82.2 Å². The first-order valence-corrected chi connectivity index (χ1v) is 7.40. The number of rotatable bonds is 5. The quantitative estimate of drug-likeness (QED) is 0.869. The lowest BCUT2D eigenvalue weighted by Gasteiger charge is -2.23. The van der Waals surface area contributed by atoms with Crippen LogP contribution in [0.1, 0.15) is 44.6 Å². The van der Waals surface area contributed by atoms with Gasteiger partial charge in [0.05, 0.1) is 5.69 Å². The van der Waals surface area contributed by atoms with Gasteiger partial charge in [-0.05, 0) is 53.5 Å². The number of alkyl carbamates (subject to hydrolysis) is 1. The molecule has 1 atom stereocenters. The van der Waals surface area contributed by atoms with Crippen LogP contribution in [0.25, 0.3) is 0 Å². The Bertz CT molecular complexity index is 489. The van der Waals surface area contributed by atoms with Crippen molar-refractivity contribution in [3.05, 3.63) is 17.0 Å². The van der Waals surface area contributed by atoms with Gasteiger partial charge >= 0.3 is 6.09 Å². The van der Waals surface area contributed by atoms with E-state index in [1.807, 2.05) is 39.3 Å². The third-order valence-electron chi connectivity index (χ3n) is 3.29. The second-order valence-electron chi connectivity index (χ2n) is 6.25. The molecule has 1 amide bonds. The Labute approximate surface area is 127 Å². The summed E-state index contributed by atoms with van der Waals surface area (Å²) in [5.74, 6) is 0. The van der Waals surface area contributed by atoms with E-state index in [9.17, 15) is 4.79 Å². The van der Waals surface area contributed by atoms with Crippen LogP contribution in [0.4, 0.5) is 4.79 Å². The molecule has 1 rings (SSSR count). The zero-order valence-electron chi connectivity index (χ0n) is 14.0. The Morgan fingerprint density at radius 1 is 1.43 bits per heavy atom. The maximum absolute atomic E-state index is 11.8. The average Bonchev–Trinajstić information content (AvgIpc) is 2.62. The molecule has 0 saturated carbocycles. The van der Waals surface area contributed by atoms with Crippen molar-refractivity contribution in [2.24, 2.45) is 5.73 Å². The predicted octanol–water partition coefficient (Wildman–Crippen LogP) is 1.91. The Hall–Kier alpha value is -1.56. The first-order chi connectivity index (χ1) is 9.67. The zero-order valence-corrected chi connectivity index (χ0v) is 14.0. The van der Waals surface area contributed by atoms with Gasteiger partial charge in [-0.15, -0.1) is 0 Å².